The van der Waals surface area contributed by atoms with Crippen LogP contribution in [0, 0.1) is 0 Å². The number of hydrogen-bond donors (Lipinski definition) is 0. The zero-order chi connectivity index (χ0) is 26.4. The Kier molecular flexibility index (Phi) is 35.3. The Morgan fingerprint density at radius 1 is 0.317 bits per heavy atom. The fourth-order valence-electron chi connectivity index (χ4n) is 1.95. The molecule has 0 fully saturated rings. The van der Waals surface area contributed by atoms with E-state index >= 15 is 0 Å². The van der Waals surface area contributed by atoms with Crippen molar-refractivity contribution in [1.29, 1.82) is 0 Å². The number of imidazole rings is 6. The Labute approximate surface area is 263 Å². The topological polar surface area (TPSA) is 170 Å². The number of aryl methyl sites for hydroxylation is 6. The summed E-state index contributed by atoms with van der Waals surface area (Å²) in [6.07, 6.45) is 32.3. The maximum atomic E-state index is 3.78. The average molecular weight is 658 g/mol. The first kappa shape index (κ1) is 47.1. The van der Waals surface area contributed by atoms with Gasteiger partial charge in [-0.1, -0.05) is 0 Å². The standard InChI is InChI=1S/6C4H6N2.2ClH.Ni.2H2O/c6*1-6-3-2-5-4-6;;;;;/h6*2-4H,1H3;2*1H;;2*1H2/q;;;;;;;;+2;;/p-2. The maximum absolute atomic E-state index is 3.78. The van der Waals surface area contributed by atoms with E-state index in [2.05, 4.69) is 29.9 Å². The third-order valence-corrected chi connectivity index (χ3v) is 3.82. The van der Waals surface area contributed by atoms with E-state index in [4.69, 9.17) is 0 Å². The summed E-state index contributed by atoms with van der Waals surface area (Å²) in [5, 5.41) is 0. The van der Waals surface area contributed by atoms with Crippen molar-refractivity contribution in [1.82, 2.24) is 57.3 Å². The monoisotopic (exact) mass is 656 g/mol. The predicted molar refractivity (Wildman–Crippen MR) is 146 cm³/mol. The molecule has 6 aromatic rings. The summed E-state index contributed by atoms with van der Waals surface area (Å²) in [6.45, 7) is 0. The first-order chi connectivity index (χ1) is 17.4. The van der Waals surface area contributed by atoms with Crippen LogP contribution in [0.5, 0.6) is 0 Å². The minimum Gasteiger partial charge on any atom is -1.00 e. The van der Waals surface area contributed by atoms with Gasteiger partial charge in [0.1, 0.15) is 0 Å². The summed E-state index contributed by atoms with van der Waals surface area (Å²) >= 11 is 0. The molecule has 0 bridgehead atoms. The first-order valence-corrected chi connectivity index (χ1v) is 10.9. The van der Waals surface area contributed by atoms with Gasteiger partial charge in [-0.3, -0.25) is 0 Å². The summed E-state index contributed by atoms with van der Waals surface area (Å²) in [7, 11) is 11.6. The van der Waals surface area contributed by atoms with E-state index in [1.165, 1.54) is 0 Å². The fourth-order valence-corrected chi connectivity index (χ4v) is 1.95. The summed E-state index contributed by atoms with van der Waals surface area (Å²) < 4.78 is 11.3. The minimum absolute atomic E-state index is 0. The molecule has 6 rings (SSSR count). The Morgan fingerprint density at radius 3 is 0.463 bits per heavy atom. The second-order valence-corrected chi connectivity index (χ2v) is 7.37. The van der Waals surface area contributed by atoms with Crippen molar-refractivity contribution in [3.05, 3.63) is 112 Å². The largest absolute Gasteiger partial charge is 2.00 e. The van der Waals surface area contributed by atoms with Crippen molar-refractivity contribution in [3.63, 3.8) is 0 Å². The van der Waals surface area contributed by atoms with Crippen molar-refractivity contribution in [3.8, 4) is 0 Å². The van der Waals surface area contributed by atoms with Crippen LogP contribution in [0.15, 0.2) is 112 Å². The molecule has 0 spiro atoms. The maximum Gasteiger partial charge on any atom is 2.00 e. The molecule has 0 saturated heterocycles. The molecule has 4 N–H and O–H groups in total. The molecule has 0 aliphatic rings. The molecule has 6 aromatic heterocycles. The van der Waals surface area contributed by atoms with E-state index in [0.717, 1.165) is 0 Å². The van der Waals surface area contributed by atoms with E-state index < -0.39 is 0 Å². The van der Waals surface area contributed by atoms with Gasteiger partial charge in [0, 0.05) is 117 Å². The Hall–Kier alpha value is -3.75. The van der Waals surface area contributed by atoms with E-state index in [1.54, 1.807) is 75.1 Å². The summed E-state index contributed by atoms with van der Waals surface area (Å²) in [5.41, 5.74) is 0. The van der Waals surface area contributed by atoms with E-state index in [1.807, 2.05) is 107 Å². The normalized spacial score (nSPS) is 7.76. The second kappa shape index (κ2) is 30.8. The molecule has 0 radical (unpaired) electrons. The van der Waals surface area contributed by atoms with E-state index in [0.29, 0.717) is 0 Å². The fraction of sp³-hybridized carbons (Fsp3) is 0.250. The van der Waals surface area contributed by atoms with E-state index in [9.17, 15) is 0 Å². The van der Waals surface area contributed by atoms with Crippen LogP contribution in [0.25, 0.3) is 0 Å². The molecule has 0 amide bonds. The average Bonchev–Trinajstić information content (AvgIpc) is 3.67. The molecular weight excluding hydrogens is 618 g/mol. The zero-order valence-corrected chi connectivity index (χ0v) is 26.3. The van der Waals surface area contributed by atoms with Crippen molar-refractivity contribution in [2.45, 2.75) is 0 Å². The van der Waals surface area contributed by atoms with Gasteiger partial charge < -0.3 is 63.2 Å². The van der Waals surface area contributed by atoms with Gasteiger partial charge in [0.15, 0.2) is 0 Å². The molecule has 0 atom stereocenters. The van der Waals surface area contributed by atoms with Gasteiger partial charge in [-0.05, 0) is 0 Å². The van der Waals surface area contributed by atoms with Crippen molar-refractivity contribution < 1.29 is 52.3 Å². The molecule has 0 saturated carbocycles. The predicted octanol–water partition coefficient (Wildman–Crippen LogP) is -5.12. The molecule has 17 heteroatoms. The second-order valence-electron chi connectivity index (χ2n) is 7.37. The first-order valence-electron chi connectivity index (χ1n) is 10.9. The van der Waals surface area contributed by atoms with Crippen LogP contribution in [0.2, 0.25) is 0 Å². The van der Waals surface area contributed by atoms with Crippen LogP contribution >= 0.6 is 0 Å². The molecule has 14 nitrogen and oxygen atoms in total. The van der Waals surface area contributed by atoms with Crippen LogP contribution in [0.1, 0.15) is 0 Å². The third kappa shape index (κ3) is 29.1. The van der Waals surface area contributed by atoms with Gasteiger partial charge in [-0.15, -0.1) is 0 Å². The van der Waals surface area contributed by atoms with Crippen molar-refractivity contribution in [2.24, 2.45) is 42.3 Å². The van der Waals surface area contributed by atoms with Gasteiger partial charge in [0.2, 0.25) is 0 Å². The number of rotatable bonds is 0. The zero-order valence-electron chi connectivity index (χ0n) is 23.8. The van der Waals surface area contributed by atoms with E-state index in [-0.39, 0.29) is 52.3 Å². The van der Waals surface area contributed by atoms with Crippen LogP contribution in [0.3, 0.4) is 0 Å². The van der Waals surface area contributed by atoms with Crippen LogP contribution < -0.4 is 24.8 Å². The molecule has 41 heavy (non-hydrogen) atoms. The summed E-state index contributed by atoms with van der Waals surface area (Å²) in [6, 6.07) is 0. The molecular formula is C24H40Cl2N12NiO2. The van der Waals surface area contributed by atoms with Gasteiger partial charge in [0.05, 0.1) is 38.0 Å². The number of aromatic nitrogens is 12. The Morgan fingerprint density at radius 2 is 0.439 bits per heavy atom. The summed E-state index contributed by atoms with van der Waals surface area (Å²) in [5.74, 6) is 0. The van der Waals surface area contributed by atoms with Gasteiger partial charge >= 0.3 is 16.5 Å². The molecule has 0 aliphatic carbocycles. The number of hydrogen-bond acceptors (Lipinski definition) is 6. The van der Waals surface area contributed by atoms with Crippen LogP contribution in [0.4, 0.5) is 0 Å². The smallest absolute Gasteiger partial charge is 1.00 e. The third-order valence-electron chi connectivity index (χ3n) is 3.82. The molecule has 6 heterocycles. The molecule has 0 aromatic carbocycles. The van der Waals surface area contributed by atoms with Gasteiger partial charge in [-0.2, -0.15) is 0 Å². The SMILES string of the molecule is Cn1ccnc1.Cn1ccnc1.Cn1ccnc1.Cn1ccnc1.Cn1ccnc1.Cn1ccnc1.O.O.[Cl-].[Cl-].[Ni+2]. The van der Waals surface area contributed by atoms with Gasteiger partial charge in [0.25, 0.3) is 0 Å². The Balaban J connectivity index is -0.000000123. The number of halogens is 2. The van der Waals surface area contributed by atoms with Crippen LogP contribution in [-0.2, 0) is 58.8 Å². The molecule has 0 aliphatic heterocycles. The van der Waals surface area contributed by atoms with Crippen molar-refractivity contribution >= 4 is 0 Å². The molecule has 0 unspecified atom stereocenters. The minimum atomic E-state index is 0. The Bertz CT molecular complexity index is 934. The molecule has 232 valence electrons. The summed E-state index contributed by atoms with van der Waals surface area (Å²) in [4.78, 5) is 22.7. The van der Waals surface area contributed by atoms with Crippen molar-refractivity contribution in [2.75, 3.05) is 0 Å². The van der Waals surface area contributed by atoms with Gasteiger partial charge in [-0.25, -0.2) is 29.9 Å². The number of nitrogens with zero attached hydrogens (tertiary/aromatic N) is 12. The van der Waals surface area contributed by atoms with Crippen LogP contribution in [-0.4, -0.2) is 68.3 Å². The quantitative estimate of drug-likeness (QED) is 0.148.